The molecule has 0 aliphatic rings. The first-order chi connectivity index (χ1) is 10.4. The van der Waals surface area contributed by atoms with E-state index in [2.05, 4.69) is 39.8 Å². The summed E-state index contributed by atoms with van der Waals surface area (Å²) in [5, 5.41) is 1.13. The second kappa shape index (κ2) is 7.23. The number of nitrogens with zero attached hydrogens (tertiary/aromatic N) is 2. The molecule has 0 atom stereocenters. The van der Waals surface area contributed by atoms with Crippen LogP contribution in [0.3, 0.4) is 0 Å². The molecule has 0 saturated heterocycles. The fraction of sp³-hybridized carbons (Fsp3) is 0.500. The first-order valence-electron chi connectivity index (χ1n) is 7.88. The van der Waals surface area contributed by atoms with E-state index >= 15 is 0 Å². The Bertz CT molecular complexity index is 668. The summed E-state index contributed by atoms with van der Waals surface area (Å²) in [6, 6.07) is 10.5. The topological polar surface area (TPSA) is 26.9 Å². The fourth-order valence-corrected chi connectivity index (χ4v) is 3.78. The molecule has 0 unspecified atom stereocenters. The van der Waals surface area contributed by atoms with E-state index in [1.165, 1.54) is 5.56 Å². The maximum absolute atomic E-state index is 12.6. The van der Waals surface area contributed by atoms with Crippen molar-refractivity contribution in [3.63, 3.8) is 0 Å². The van der Waals surface area contributed by atoms with Gasteiger partial charge in [0.1, 0.15) is 0 Å². The number of benzene rings is 1. The van der Waals surface area contributed by atoms with Crippen LogP contribution in [0.4, 0.5) is 0 Å². The van der Waals surface area contributed by atoms with Gasteiger partial charge >= 0.3 is 5.69 Å². The zero-order valence-electron chi connectivity index (χ0n) is 14.2. The minimum absolute atomic E-state index is 0.0900. The van der Waals surface area contributed by atoms with Crippen molar-refractivity contribution in [2.45, 2.75) is 45.2 Å². The lowest BCUT2D eigenvalue weighted by Gasteiger charge is -2.13. The van der Waals surface area contributed by atoms with Gasteiger partial charge in [0.05, 0.1) is 10.7 Å². The van der Waals surface area contributed by atoms with Crippen molar-refractivity contribution in [2.24, 2.45) is 13.0 Å². The average Bonchev–Trinajstić information content (AvgIpc) is 2.70. The highest BCUT2D eigenvalue weighted by Crippen LogP contribution is 2.28. The third kappa shape index (κ3) is 3.67. The number of hydrogen-bond donors (Lipinski definition) is 0. The first kappa shape index (κ1) is 16.9. The van der Waals surface area contributed by atoms with Crippen molar-refractivity contribution in [1.82, 2.24) is 9.13 Å². The third-order valence-corrected chi connectivity index (χ3v) is 5.19. The van der Waals surface area contributed by atoms with Crippen LogP contribution in [0.1, 0.15) is 45.0 Å². The van der Waals surface area contributed by atoms with Crippen LogP contribution in [0, 0.1) is 5.92 Å². The average molecular weight is 318 g/mol. The quantitative estimate of drug-likeness (QED) is 0.750. The first-order valence-corrected chi connectivity index (χ1v) is 8.87. The molecule has 22 heavy (non-hydrogen) atoms. The van der Waals surface area contributed by atoms with E-state index in [0.29, 0.717) is 5.92 Å². The smallest absolute Gasteiger partial charge is 0.298 e. The minimum atomic E-state index is 0.0900. The molecular formula is C18H26N2OS. The summed E-state index contributed by atoms with van der Waals surface area (Å²) < 4.78 is 3.75. The lowest BCUT2D eigenvalue weighted by atomic mass is 10.1. The Morgan fingerprint density at radius 1 is 1.09 bits per heavy atom. The second-order valence-electron chi connectivity index (χ2n) is 6.42. The molecule has 120 valence electrons. The second-order valence-corrected chi connectivity index (χ2v) is 7.43. The molecule has 4 heteroatoms. The van der Waals surface area contributed by atoms with Crippen LogP contribution in [0.15, 0.2) is 40.2 Å². The van der Waals surface area contributed by atoms with Gasteiger partial charge in [0.25, 0.3) is 0 Å². The van der Waals surface area contributed by atoms with E-state index in [4.69, 9.17) is 0 Å². The predicted molar refractivity (Wildman–Crippen MR) is 94.9 cm³/mol. The highest BCUT2D eigenvalue weighted by atomic mass is 32.2. The van der Waals surface area contributed by atoms with Gasteiger partial charge in [-0.25, -0.2) is 4.79 Å². The number of rotatable bonds is 6. The van der Waals surface area contributed by atoms with Gasteiger partial charge in [0, 0.05) is 25.3 Å². The van der Waals surface area contributed by atoms with Crippen molar-refractivity contribution in [3.05, 3.63) is 52.1 Å². The SMILES string of the molecule is CC(C)CSc1c(Cc2ccccc2)n(C)c(=O)n1C(C)C. The molecule has 0 amide bonds. The Kier molecular flexibility index (Phi) is 5.57. The number of imidazole rings is 1. The Balaban J connectivity index is 2.46. The summed E-state index contributed by atoms with van der Waals surface area (Å²) in [5.41, 5.74) is 2.45. The van der Waals surface area contributed by atoms with E-state index in [-0.39, 0.29) is 11.7 Å². The molecule has 2 rings (SSSR count). The van der Waals surface area contributed by atoms with Gasteiger partial charge in [-0.05, 0) is 25.3 Å². The van der Waals surface area contributed by atoms with E-state index in [1.54, 1.807) is 11.8 Å². The maximum atomic E-state index is 12.6. The van der Waals surface area contributed by atoms with E-state index in [1.807, 2.05) is 34.4 Å². The standard InChI is InChI=1S/C18H26N2OS/c1-13(2)12-22-17-16(11-15-9-7-6-8-10-15)19(5)18(21)20(17)14(3)4/h6-10,13-14H,11-12H2,1-5H3. The minimum Gasteiger partial charge on any atom is -0.298 e. The molecule has 1 heterocycles. The summed E-state index contributed by atoms with van der Waals surface area (Å²) in [6.45, 7) is 8.58. The predicted octanol–water partition coefficient (Wildman–Crippen LogP) is 4.11. The Morgan fingerprint density at radius 2 is 1.73 bits per heavy atom. The summed E-state index contributed by atoms with van der Waals surface area (Å²) in [7, 11) is 1.89. The Morgan fingerprint density at radius 3 is 2.27 bits per heavy atom. The highest BCUT2D eigenvalue weighted by Gasteiger charge is 2.20. The van der Waals surface area contributed by atoms with E-state index in [9.17, 15) is 4.79 Å². The van der Waals surface area contributed by atoms with Crippen LogP contribution in [0.25, 0.3) is 0 Å². The zero-order chi connectivity index (χ0) is 16.3. The van der Waals surface area contributed by atoms with Crippen molar-refractivity contribution >= 4 is 11.8 Å². The summed E-state index contributed by atoms with van der Waals surface area (Å²) in [5.74, 6) is 1.63. The van der Waals surface area contributed by atoms with Crippen molar-refractivity contribution in [3.8, 4) is 0 Å². The molecule has 0 bridgehead atoms. The van der Waals surface area contributed by atoms with Gasteiger partial charge < -0.3 is 0 Å². The van der Waals surface area contributed by atoms with Crippen LogP contribution < -0.4 is 5.69 Å². The monoisotopic (exact) mass is 318 g/mol. The summed E-state index contributed by atoms with van der Waals surface area (Å²) >= 11 is 1.81. The van der Waals surface area contributed by atoms with Gasteiger partial charge in [0.15, 0.2) is 0 Å². The molecule has 1 aromatic carbocycles. The fourth-order valence-electron chi connectivity index (χ4n) is 2.48. The molecule has 0 spiro atoms. The van der Waals surface area contributed by atoms with Crippen molar-refractivity contribution in [1.29, 1.82) is 0 Å². The molecule has 1 aromatic heterocycles. The molecule has 2 aromatic rings. The molecule has 3 nitrogen and oxygen atoms in total. The molecule has 0 radical (unpaired) electrons. The van der Waals surface area contributed by atoms with Crippen LogP contribution in [-0.4, -0.2) is 14.9 Å². The van der Waals surface area contributed by atoms with E-state index < -0.39 is 0 Å². The van der Waals surface area contributed by atoms with Crippen molar-refractivity contribution < 1.29 is 0 Å². The number of thioether (sulfide) groups is 1. The van der Waals surface area contributed by atoms with Gasteiger partial charge in [-0.2, -0.15) is 0 Å². The highest BCUT2D eigenvalue weighted by molar-refractivity contribution is 7.99. The summed E-state index contributed by atoms with van der Waals surface area (Å²) in [4.78, 5) is 12.6. The number of aromatic nitrogens is 2. The van der Waals surface area contributed by atoms with Gasteiger partial charge in [-0.15, -0.1) is 11.8 Å². The zero-order valence-corrected chi connectivity index (χ0v) is 15.0. The van der Waals surface area contributed by atoms with Gasteiger partial charge in [-0.1, -0.05) is 44.2 Å². The maximum Gasteiger partial charge on any atom is 0.329 e. The Hall–Kier alpha value is -1.42. The molecule has 0 saturated carbocycles. The van der Waals surface area contributed by atoms with Gasteiger partial charge in [-0.3, -0.25) is 9.13 Å². The van der Waals surface area contributed by atoms with Crippen molar-refractivity contribution in [2.75, 3.05) is 5.75 Å². The molecule has 0 fully saturated rings. The largest absolute Gasteiger partial charge is 0.329 e. The van der Waals surface area contributed by atoms with Crippen LogP contribution in [0.5, 0.6) is 0 Å². The van der Waals surface area contributed by atoms with Crippen LogP contribution in [0.2, 0.25) is 0 Å². The molecular weight excluding hydrogens is 292 g/mol. The van der Waals surface area contributed by atoms with Crippen LogP contribution in [-0.2, 0) is 13.5 Å². The molecule has 0 aliphatic carbocycles. The third-order valence-electron chi connectivity index (χ3n) is 3.65. The lowest BCUT2D eigenvalue weighted by Crippen LogP contribution is -2.24. The Labute approximate surface area is 137 Å². The van der Waals surface area contributed by atoms with Gasteiger partial charge in [0.2, 0.25) is 0 Å². The van der Waals surface area contributed by atoms with Crippen LogP contribution >= 0.6 is 11.8 Å². The molecule has 0 N–H and O–H groups in total. The normalized spacial score (nSPS) is 11.6. The molecule has 0 aliphatic heterocycles. The van der Waals surface area contributed by atoms with E-state index in [0.717, 1.165) is 22.9 Å². The summed E-state index contributed by atoms with van der Waals surface area (Å²) in [6.07, 6.45) is 0.798. The lowest BCUT2D eigenvalue weighted by molar-refractivity contribution is 0.532. The number of hydrogen-bond acceptors (Lipinski definition) is 2.